The van der Waals surface area contributed by atoms with Crippen LogP contribution in [0.25, 0.3) is 0 Å². The highest BCUT2D eigenvalue weighted by atomic mass is 16.5. The zero-order chi connectivity index (χ0) is 25.5. The van der Waals surface area contributed by atoms with E-state index < -0.39 is 0 Å². The van der Waals surface area contributed by atoms with Crippen molar-refractivity contribution in [2.75, 3.05) is 39.2 Å². The van der Waals surface area contributed by atoms with Gasteiger partial charge in [-0.1, -0.05) is 0 Å². The summed E-state index contributed by atoms with van der Waals surface area (Å²) in [6, 6.07) is 8.65. The summed E-state index contributed by atoms with van der Waals surface area (Å²) in [7, 11) is 3.19. The number of fused-ring (bicyclic) bond motifs is 2. The van der Waals surface area contributed by atoms with Crippen LogP contribution in [-0.2, 0) is 25.5 Å². The van der Waals surface area contributed by atoms with E-state index in [9.17, 15) is 14.4 Å². The Kier molecular flexibility index (Phi) is 8.50. The molecule has 192 valence electrons. The minimum atomic E-state index is -0.350. The second kappa shape index (κ2) is 12.0. The molecule has 0 unspecified atom stereocenters. The van der Waals surface area contributed by atoms with Crippen molar-refractivity contribution in [1.29, 1.82) is 0 Å². The highest BCUT2D eigenvalue weighted by molar-refractivity contribution is 6.00. The number of rotatable bonds is 8. The number of pyridine rings is 1. The van der Waals surface area contributed by atoms with Gasteiger partial charge in [0.25, 0.3) is 5.91 Å². The van der Waals surface area contributed by atoms with Gasteiger partial charge in [0.2, 0.25) is 11.8 Å². The van der Waals surface area contributed by atoms with Gasteiger partial charge in [0.05, 0.1) is 24.1 Å². The molecule has 3 amide bonds. The number of nitrogens with zero attached hydrogens (tertiary/aromatic N) is 2. The number of hydrogen-bond acceptors (Lipinski definition) is 7. The first-order chi connectivity index (χ1) is 17.4. The van der Waals surface area contributed by atoms with Crippen molar-refractivity contribution in [1.82, 2.24) is 15.2 Å². The zero-order valence-electron chi connectivity index (χ0n) is 20.6. The average molecular weight is 497 g/mol. The number of carbonyl (C=O) groups excluding carboxylic acids is 3. The largest absolute Gasteiger partial charge is 0.490 e. The van der Waals surface area contributed by atoms with Crippen LogP contribution in [0.3, 0.4) is 0 Å². The molecular formula is C26H32N4O6. The van der Waals surface area contributed by atoms with Gasteiger partial charge >= 0.3 is 0 Å². The van der Waals surface area contributed by atoms with Crippen molar-refractivity contribution in [3.8, 4) is 5.75 Å². The fraction of sp³-hybridized carbons (Fsp3) is 0.462. The zero-order valence-corrected chi connectivity index (χ0v) is 20.6. The van der Waals surface area contributed by atoms with Crippen LogP contribution in [-0.4, -0.2) is 79.8 Å². The van der Waals surface area contributed by atoms with Crippen molar-refractivity contribution in [2.24, 2.45) is 0 Å². The monoisotopic (exact) mass is 496 g/mol. The molecule has 0 saturated carbocycles. The Morgan fingerprint density at radius 3 is 2.75 bits per heavy atom. The van der Waals surface area contributed by atoms with Crippen molar-refractivity contribution >= 4 is 23.4 Å². The molecule has 2 N–H and O–H groups in total. The Morgan fingerprint density at radius 2 is 1.97 bits per heavy atom. The molecule has 0 spiro atoms. The van der Waals surface area contributed by atoms with Gasteiger partial charge in [-0.25, -0.2) is 0 Å². The summed E-state index contributed by atoms with van der Waals surface area (Å²) in [4.78, 5) is 43.3. The second-order valence-corrected chi connectivity index (χ2v) is 9.02. The number of hydrogen-bond donors (Lipinski definition) is 2. The van der Waals surface area contributed by atoms with E-state index in [0.29, 0.717) is 36.4 Å². The topological polar surface area (TPSA) is 119 Å². The Labute approximate surface area is 210 Å². The standard InChI is InChI=1S/C26H32N4O6/c1-30-21-5-4-19(14-24(31)28-12-9-17-7-10-27-11-8-17)36-23(21)15-35-22-6-3-18(13-20(22)26(30)33)29-25(32)16-34-2/h3,6-8,10-11,13,19,21,23H,4-5,9,12,14-16H2,1-2H3,(H,28,31)(H,29,32)/t19-,21+,23-/m1/s1. The fourth-order valence-electron chi connectivity index (χ4n) is 4.61. The third-order valence-electron chi connectivity index (χ3n) is 6.47. The number of likely N-dealkylation sites (N-methyl/N-ethyl adjacent to an activating group) is 1. The van der Waals surface area contributed by atoms with Crippen LogP contribution in [0.4, 0.5) is 5.69 Å². The lowest BCUT2D eigenvalue weighted by Gasteiger charge is -2.42. The average Bonchev–Trinajstić information content (AvgIpc) is 2.87. The summed E-state index contributed by atoms with van der Waals surface area (Å²) < 4.78 is 17.1. The molecule has 1 saturated heterocycles. The van der Waals surface area contributed by atoms with Crippen LogP contribution >= 0.6 is 0 Å². The Balaban J connectivity index is 1.34. The Morgan fingerprint density at radius 1 is 1.17 bits per heavy atom. The summed E-state index contributed by atoms with van der Waals surface area (Å²) in [6.07, 6.45) is 5.25. The highest BCUT2D eigenvalue weighted by Gasteiger charge is 2.39. The maximum Gasteiger partial charge on any atom is 0.257 e. The third-order valence-corrected chi connectivity index (χ3v) is 6.47. The molecule has 3 atom stereocenters. The van der Waals surface area contributed by atoms with Gasteiger partial charge in [-0.2, -0.15) is 0 Å². The summed E-state index contributed by atoms with van der Waals surface area (Å²) in [5.74, 6) is -0.150. The number of carbonyl (C=O) groups is 3. The summed E-state index contributed by atoms with van der Waals surface area (Å²) in [5.41, 5.74) is 1.99. The molecule has 4 rings (SSSR count). The molecule has 36 heavy (non-hydrogen) atoms. The molecule has 2 aliphatic rings. The lowest BCUT2D eigenvalue weighted by Crippen LogP contribution is -2.54. The van der Waals surface area contributed by atoms with Crippen molar-refractivity contribution in [3.05, 3.63) is 53.9 Å². The molecule has 2 aliphatic heterocycles. The minimum Gasteiger partial charge on any atom is -0.490 e. The number of ether oxygens (including phenoxy) is 3. The van der Waals surface area contributed by atoms with E-state index in [0.717, 1.165) is 12.0 Å². The van der Waals surface area contributed by atoms with Crippen LogP contribution in [0, 0.1) is 0 Å². The van der Waals surface area contributed by atoms with Gasteiger partial charge in [0, 0.05) is 38.8 Å². The number of nitrogens with one attached hydrogen (secondary N) is 2. The van der Waals surface area contributed by atoms with E-state index in [2.05, 4.69) is 15.6 Å². The normalized spacial score (nSPS) is 21.3. The van der Waals surface area contributed by atoms with Crippen molar-refractivity contribution in [3.63, 3.8) is 0 Å². The lowest BCUT2D eigenvalue weighted by atomic mass is 9.94. The van der Waals surface area contributed by atoms with Gasteiger partial charge in [0.15, 0.2) is 0 Å². The molecule has 0 bridgehead atoms. The van der Waals surface area contributed by atoms with Crippen LogP contribution < -0.4 is 15.4 Å². The van der Waals surface area contributed by atoms with Gasteiger partial charge in [-0.3, -0.25) is 19.4 Å². The second-order valence-electron chi connectivity index (χ2n) is 9.02. The van der Waals surface area contributed by atoms with Gasteiger partial charge in [-0.15, -0.1) is 0 Å². The Hall–Kier alpha value is -3.50. The maximum absolute atomic E-state index is 13.3. The van der Waals surface area contributed by atoms with E-state index in [1.165, 1.54) is 7.11 Å². The predicted octanol–water partition coefficient (Wildman–Crippen LogP) is 1.80. The molecule has 1 fully saturated rings. The number of benzene rings is 1. The summed E-state index contributed by atoms with van der Waals surface area (Å²) in [6.45, 7) is 0.726. The first-order valence-electron chi connectivity index (χ1n) is 12.1. The molecule has 0 aliphatic carbocycles. The Bertz CT molecular complexity index is 1080. The number of aromatic nitrogens is 1. The molecule has 1 aromatic heterocycles. The number of amides is 3. The molecule has 0 radical (unpaired) electrons. The molecule has 1 aromatic carbocycles. The predicted molar refractivity (Wildman–Crippen MR) is 132 cm³/mol. The summed E-state index contributed by atoms with van der Waals surface area (Å²) >= 11 is 0. The van der Waals surface area contributed by atoms with Crippen molar-refractivity contribution < 1.29 is 28.6 Å². The molecule has 2 aromatic rings. The number of methoxy groups -OCH3 is 1. The molecular weight excluding hydrogens is 464 g/mol. The molecule has 3 heterocycles. The minimum absolute atomic E-state index is 0.0582. The van der Waals surface area contributed by atoms with Gasteiger partial charge in [-0.05, 0) is 55.2 Å². The molecule has 10 nitrogen and oxygen atoms in total. The van der Waals surface area contributed by atoms with Crippen LogP contribution in [0.2, 0.25) is 0 Å². The SMILES string of the molecule is COCC(=O)Nc1ccc2c(c1)C(=O)N(C)[C@H]1CC[C@H](CC(=O)NCCc3ccncc3)O[C@@H]1CO2. The van der Waals surface area contributed by atoms with Gasteiger partial charge in [0.1, 0.15) is 25.1 Å². The lowest BCUT2D eigenvalue weighted by molar-refractivity contribution is -0.134. The highest BCUT2D eigenvalue weighted by Crippen LogP contribution is 2.32. The first-order valence-corrected chi connectivity index (χ1v) is 12.1. The van der Waals surface area contributed by atoms with E-state index in [-0.39, 0.29) is 55.6 Å². The van der Waals surface area contributed by atoms with E-state index in [4.69, 9.17) is 14.2 Å². The van der Waals surface area contributed by atoms with Gasteiger partial charge < -0.3 is 29.7 Å². The third kappa shape index (κ3) is 6.38. The number of anilines is 1. The fourth-order valence-corrected chi connectivity index (χ4v) is 4.61. The maximum atomic E-state index is 13.3. The first kappa shape index (κ1) is 25.6. The van der Waals surface area contributed by atoms with Crippen LogP contribution in [0.1, 0.15) is 35.2 Å². The van der Waals surface area contributed by atoms with Crippen LogP contribution in [0.15, 0.2) is 42.7 Å². The molecule has 10 heteroatoms. The van der Waals surface area contributed by atoms with Crippen LogP contribution in [0.5, 0.6) is 5.75 Å². The van der Waals surface area contributed by atoms with Crippen molar-refractivity contribution in [2.45, 2.75) is 43.9 Å². The quantitative estimate of drug-likeness (QED) is 0.572. The van der Waals surface area contributed by atoms with E-state index >= 15 is 0 Å². The summed E-state index contributed by atoms with van der Waals surface area (Å²) in [5, 5.41) is 5.67. The van der Waals surface area contributed by atoms with E-state index in [1.54, 1.807) is 42.5 Å². The smallest absolute Gasteiger partial charge is 0.257 e. The van der Waals surface area contributed by atoms with E-state index in [1.807, 2.05) is 12.1 Å².